The first-order valence-electron chi connectivity index (χ1n) is 12.0. The van der Waals surface area contributed by atoms with Crippen LogP contribution in [0.4, 0.5) is 5.69 Å². The van der Waals surface area contributed by atoms with Crippen LogP contribution >= 0.6 is 0 Å². The van der Waals surface area contributed by atoms with Crippen molar-refractivity contribution in [2.45, 2.75) is 62.9 Å². The lowest BCUT2D eigenvalue weighted by atomic mass is 9.91. The van der Waals surface area contributed by atoms with Crippen LogP contribution in [0, 0.1) is 11.8 Å². The van der Waals surface area contributed by atoms with Crippen LogP contribution in [0.15, 0.2) is 28.1 Å². The molecule has 36 heavy (non-hydrogen) atoms. The summed E-state index contributed by atoms with van der Waals surface area (Å²) >= 11 is 0. The molecule has 8 N–H and O–H groups in total. The van der Waals surface area contributed by atoms with Crippen molar-refractivity contribution in [1.82, 2.24) is 9.62 Å². The Kier molecular flexibility index (Phi) is 10.1. The molecule has 12 nitrogen and oxygen atoms in total. The van der Waals surface area contributed by atoms with Crippen LogP contribution in [0.3, 0.4) is 0 Å². The van der Waals surface area contributed by atoms with Crippen molar-refractivity contribution in [3.05, 3.63) is 23.8 Å². The molecular weight excluding hydrogens is 488 g/mol. The number of hydrogen-bond acceptors (Lipinski definition) is 7. The number of aliphatic carboxylic acids is 1. The summed E-state index contributed by atoms with van der Waals surface area (Å²) in [6, 6.07) is 2.94. The summed E-state index contributed by atoms with van der Waals surface area (Å²) < 4.78 is 29.5. The predicted octanol–water partition coefficient (Wildman–Crippen LogP) is 0.526. The molecular formula is C23H37N6O6S-. The maximum Gasteiger partial charge on any atom is 0.326 e. The molecule has 2 aliphatic heterocycles. The Balaban J connectivity index is 0.00000456. The minimum Gasteiger partial charge on any atom is -0.870 e. The average Bonchev–Trinajstić information content (AvgIpc) is 2.79. The smallest absolute Gasteiger partial charge is 0.326 e. The Bertz CT molecular complexity index is 1070. The molecule has 0 bridgehead atoms. The van der Waals surface area contributed by atoms with Crippen LogP contribution in [-0.4, -0.2) is 73.5 Å². The quantitative estimate of drug-likeness (QED) is 0.173. The molecule has 1 fully saturated rings. The zero-order valence-electron chi connectivity index (χ0n) is 20.7. The van der Waals surface area contributed by atoms with E-state index in [-0.39, 0.29) is 41.8 Å². The van der Waals surface area contributed by atoms with Crippen molar-refractivity contribution in [1.29, 1.82) is 0 Å². The minimum absolute atomic E-state index is 0. The van der Waals surface area contributed by atoms with Crippen molar-refractivity contribution in [3.63, 3.8) is 0 Å². The predicted molar refractivity (Wildman–Crippen MR) is 135 cm³/mol. The van der Waals surface area contributed by atoms with E-state index in [0.717, 1.165) is 12.0 Å². The second-order valence-corrected chi connectivity index (χ2v) is 11.3. The first-order valence-corrected chi connectivity index (χ1v) is 13.4. The van der Waals surface area contributed by atoms with Gasteiger partial charge in [-0.05, 0) is 55.6 Å². The van der Waals surface area contributed by atoms with E-state index in [0.29, 0.717) is 37.4 Å². The van der Waals surface area contributed by atoms with Gasteiger partial charge < -0.3 is 32.3 Å². The summed E-state index contributed by atoms with van der Waals surface area (Å²) in [4.78, 5) is 30.7. The second kappa shape index (κ2) is 12.4. The van der Waals surface area contributed by atoms with E-state index < -0.39 is 34.0 Å². The first-order chi connectivity index (χ1) is 16.5. The number of nitrogens with one attached hydrogen (secondary N) is 2. The lowest BCUT2D eigenvalue weighted by Crippen LogP contribution is -2.56. The number of para-hydroxylation sites is 1. The topological polar surface area (TPSA) is 210 Å². The van der Waals surface area contributed by atoms with Crippen molar-refractivity contribution < 1.29 is 28.6 Å². The third kappa shape index (κ3) is 7.08. The Morgan fingerprint density at radius 2 is 2.00 bits per heavy atom. The normalized spacial score (nSPS) is 22.4. The van der Waals surface area contributed by atoms with Gasteiger partial charge in [0.05, 0.1) is 5.69 Å². The molecule has 0 aromatic heterocycles. The highest BCUT2D eigenvalue weighted by molar-refractivity contribution is 7.89. The number of anilines is 1. The van der Waals surface area contributed by atoms with Crippen molar-refractivity contribution >= 4 is 33.5 Å². The van der Waals surface area contributed by atoms with Crippen LogP contribution in [-0.2, 0) is 26.0 Å². The van der Waals surface area contributed by atoms with Crippen LogP contribution in [0.1, 0.15) is 45.1 Å². The number of hydrogen-bond donors (Lipinski definition) is 5. The molecule has 0 saturated carbocycles. The van der Waals surface area contributed by atoms with Gasteiger partial charge in [-0.25, -0.2) is 13.2 Å². The molecule has 2 heterocycles. The first kappa shape index (κ1) is 29.3. The Hall–Kier alpha value is -2.90. The minimum atomic E-state index is -4.10. The number of nitrogens with two attached hydrogens (primary N) is 2. The lowest BCUT2D eigenvalue weighted by molar-refractivity contribution is -0.153. The molecule has 0 aliphatic carbocycles. The van der Waals surface area contributed by atoms with E-state index >= 15 is 0 Å². The SMILES string of the molecule is CC1CNc2c(cccc2S(=O)(=O)N[C@@H](CCCN=C(N)N)C(=O)N2CCC(C)C[C@@H]2C(=O)O)C1.[OH-]. The number of guanidine groups is 1. The maximum absolute atomic E-state index is 13.5. The zero-order chi connectivity index (χ0) is 25.8. The third-order valence-electron chi connectivity index (χ3n) is 6.57. The molecule has 1 saturated heterocycles. The number of aliphatic imine (C=N–C) groups is 1. The van der Waals surface area contributed by atoms with Crippen LogP contribution in [0.2, 0.25) is 0 Å². The number of piperidine rings is 1. The van der Waals surface area contributed by atoms with Crippen LogP contribution in [0.5, 0.6) is 0 Å². The summed E-state index contributed by atoms with van der Waals surface area (Å²) in [5.74, 6) is -1.22. The summed E-state index contributed by atoms with van der Waals surface area (Å²) in [7, 11) is -4.10. The van der Waals surface area contributed by atoms with Crippen LogP contribution in [0.25, 0.3) is 0 Å². The lowest BCUT2D eigenvalue weighted by Gasteiger charge is -2.38. The molecule has 13 heteroatoms. The molecule has 202 valence electrons. The fourth-order valence-corrected chi connectivity index (χ4v) is 6.17. The maximum atomic E-state index is 13.5. The number of rotatable bonds is 9. The van der Waals surface area contributed by atoms with Gasteiger partial charge in [0.1, 0.15) is 17.0 Å². The van der Waals surface area contributed by atoms with E-state index in [1.807, 2.05) is 13.0 Å². The molecule has 0 radical (unpaired) electrons. The fraction of sp³-hybridized carbons (Fsp3) is 0.609. The van der Waals surface area contributed by atoms with Crippen molar-refractivity contribution in [2.75, 3.05) is 25.0 Å². The zero-order valence-corrected chi connectivity index (χ0v) is 21.5. The number of carbonyl (C=O) groups excluding carboxylic acids is 1. The highest BCUT2D eigenvalue weighted by Gasteiger charge is 2.39. The van der Waals surface area contributed by atoms with Crippen molar-refractivity contribution in [2.24, 2.45) is 28.3 Å². The number of carboxylic acids is 1. The number of nitrogens with zero attached hydrogens (tertiary/aromatic N) is 2. The summed E-state index contributed by atoms with van der Waals surface area (Å²) in [5.41, 5.74) is 12.2. The largest absolute Gasteiger partial charge is 0.870 e. The molecule has 2 aliphatic rings. The Morgan fingerprint density at radius 3 is 2.67 bits per heavy atom. The van der Waals surface area contributed by atoms with Gasteiger partial charge in [0, 0.05) is 19.6 Å². The van der Waals surface area contributed by atoms with Gasteiger partial charge in [-0.3, -0.25) is 9.79 Å². The van der Waals surface area contributed by atoms with E-state index in [1.165, 1.54) is 11.0 Å². The van der Waals surface area contributed by atoms with Gasteiger partial charge in [0.15, 0.2) is 5.96 Å². The van der Waals surface area contributed by atoms with E-state index in [9.17, 15) is 23.1 Å². The highest BCUT2D eigenvalue weighted by atomic mass is 32.2. The molecule has 1 aromatic rings. The third-order valence-corrected chi connectivity index (χ3v) is 8.09. The summed E-state index contributed by atoms with van der Waals surface area (Å²) in [6.07, 6.45) is 2.17. The number of carboxylic acid groups (broad SMARTS) is 1. The standard InChI is InChI=1S/C23H36N6O5S.H2O/c1-14-8-10-29(18(12-14)22(31)32)21(30)17(6-4-9-26-23(24)25)28-35(33,34)19-7-3-5-16-11-15(2)13-27-20(16)19;/h3,5,7,14-15,17-18,27-28H,4,6,8-13H2,1-2H3,(H,31,32)(H4,24,25,26);1H2/p-1/t14?,15?,17-,18+;/m0./s1. The summed E-state index contributed by atoms with van der Waals surface area (Å²) in [5, 5.41) is 12.9. The van der Waals surface area contributed by atoms with Gasteiger partial charge in [-0.15, -0.1) is 0 Å². The number of fused-ring (bicyclic) bond motifs is 1. The second-order valence-electron chi connectivity index (χ2n) is 9.62. The number of likely N-dealkylation sites (tertiary alicyclic amines) is 1. The fourth-order valence-electron chi connectivity index (χ4n) is 4.72. The molecule has 1 amide bonds. The summed E-state index contributed by atoms with van der Waals surface area (Å²) in [6.45, 7) is 5.14. The highest BCUT2D eigenvalue weighted by Crippen LogP contribution is 2.31. The van der Waals surface area contributed by atoms with Gasteiger partial charge in [0.25, 0.3) is 0 Å². The Morgan fingerprint density at radius 1 is 1.28 bits per heavy atom. The number of benzene rings is 1. The monoisotopic (exact) mass is 525 g/mol. The Labute approximate surface area is 211 Å². The number of sulfonamides is 1. The van der Waals surface area contributed by atoms with Gasteiger partial charge in [0.2, 0.25) is 15.9 Å². The molecule has 3 rings (SSSR count). The van der Waals surface area contributed by atoms with E-state index in [4.69, 9.17) is 11.5 Å². The van der Waals surface area contributed by atoms with E-state index in [2.05, 4.69) is 22.0 Å². The van der Waals surface area contributed by atoms with Gasteiger partial charge in [-0.1, -0.05) is 26.0 Å². The van der Waals surface area contributed by atoms with Gasteiger partial charge in [-0.2, -0.15) is 4.72 Å². The molecule has 4 atom stereocenters. The van der Waals surface area contributed by atoms with Crippen LogP contribution < -0.4 is 21.5 Å². The molecule has 0 spiro atoms. The molecule has 2 unspecified atom stereocenters. The number of carbonyl (C=O) groups is 2. The average molecular weight is 526 g/mol. The van der Waals surface area contributed by atoms with Gasteiger partial charge >= 0.3 is 5.97 Å². The van der Waals surface area contributed by atoms with E-state index in [1.54, 1.807) is 6.07 Å². The number of amides is 1. The molecule has 1 aromatic carbocycles. The van der Waals surface area contributed by atoms with Crippen molar-refractivity contribution in [3.8, 4) is 0 Å².